The van der Waals surface area contributed by atoms with Gasteiger partial charge in [-0.25, -0.2) is 4.79 Å². The highest BCUT2D eigenvalue weighted by Gasteiger charge is 2.36. The molecule has 1 N–H and O–H groups in total. The SMILES string of the molecule is COc1ccc(CN2C(=O)SCC2C(=O)O)cc1. The van der Waals surface area contributed by atoms with Gasteiger partial charge in [0.2, 0.25) is 0 Å². The Labute approximate surface area is 109 Å². The summed E-state index contributed by atoms with van der Waals surface area (Å²) in [5.41, 5.74) is 0.887. The normalized spacial score (nSPS) is 19.1. The standard InChI is InChI=1S/C12H13NO4S/c1-17-9-4-2-8(3-5-9)6-13-10(11(14)15)7-18-12(13)16/h2-5,10H,6-7H2,1H3,(H,14,15). The molecule has 1 amide bonds. The number of carbonyl (C=O) groups excluding carboxylic acids is 1. The van der Waals surface area contributed by atoms with Gasteiger partial charge in [-0.3, -0.25) is 4.79 Å². The van der Waals surface area contributed by atoms with E-state index in [1.54, 1.807) is 19.2 Å². The Bertz CT molecular complexity index is 460. The van der Waals surface area contributed by atoms with Gasteiger partial charge in [-0.05, 0) is 17.7 Å². The summed E-state index contributed by atoms with van der Waals surface area (Å²) in [7, 11) is 1.58. The molecule has 1 fully saturated rings. The van der Waals surface area contributed by atoms with Crippen LogP contribution in [0.15, 0.2) is 24.3 Å². The number of ether oxygens (including phenoxy) is 1. The van der Waals surface area contributed by atoms with Crippen molar-refractivity contribution in [2.24, 2.45) is 0 Å². The molecule has 5 nitrogen and oxygen atoms in total. The van der Waals surface area contributed by atoms with Crippen molar-refractivity contribution in [1.29, 1.82) is 0 Å². The van der Waals surface area contributed by atoms with Gasteiger partial charge < -0.3 is 14.7 Å². The van der Waals surface area contributed by atoms with E-state index in [1.165, 1.54) is 4.90 Å². The molecule has 1 saturated heterocycles. The van der Waals surface area contributed by atoms with Crippen LogP contribution in [0, 0.1) is 0 Å². The Balaban J connectivity index is 2.11. The molecule has 1 aromatic rings. The van der Waals surface area contributed by atoms with E-state index in [1.807, 2.05) is 12.1 Å². The zero-order chi connectivity index (χ0) is 13.1. The number of rotatable bonds is 4. The Morgan fingerprint density at radius 3 is 2.72 bits per heavy atom. The van der Waals surface area contributed by atoms with Gasteiger partial charge in [0, 0.05) is 12.3 Å². The van der Waals surface area contributed by atoms with E-state index in [9.17, 15) is 9.59 Å². The molecule has 0 spiro atoms. The van der Waals surface area contributed by atoms with Gasteiger partial charge in [0.15, 0.2) is 0 Å². The first-order valence-electron chi connectivity index (χ1n) is 5.41. The van der Waals surface area contributed by atoms with Crippen LogP contribution in [0.4, 0.5) is 4.79 Å². The summed E-state index contributed by atoms with van der Waals surface area (Å²) in [5.74, 6) is 0.0853. The molecule has 1 atom stereocenters. The average molecular weight is 267 g/mol. The van der Waals surface area contributed by atoms with Crippen LogP contribution in [0.1, 0.15) is 5.56 Å². The molecule has 1 aromatic carbocycles. The van der Waals surface area contributed by atoms with Crippen molar-refractivity contribution in [3.63, 3.8) is 0 Å². The predicted octanol–water partition coefficient (Wildman–Crippen LogP) is 1.82. The van der Waals surface area contributed by atoms with Gasteiger partial charge in [-0.15, -0.1) is 0 Å². The molecule has 0 bridgehead atoms. The molecule has 2 rings (SSSR count). The van der Waals surface area contributed by atoms with Crippen LogP contribution in [-0.4, -0.2) is 40.1 Å². The van der Waals surface area contributed by atoms with E-state index in [0.29, 0.717) is 12.3 Å². The van der Waals surface area contributed by atoms with E-state index < -0.39 is 12.0 Å². The second-order valence-electron chi connectivity index (χ2n) is 3.91. The van der Waals surface area contributed by atoms with Crippen LogP contribution in [0.3, 0.4) is 0 Å². The van der Waals surface area contributed by atoms with Crippen molar-refractivity contribution in [3.8, 4) is 5.75 Å². The van der Waals surface area contributed by atoms with Crippen molar-refractivity contribution in [2.45, 2.75) is 12.6 Å². The monoisotopic (exact) mass is 267 g/mol. The molecule has 96 valence electrons. The summed E-state index contributed by atoms with van der Waals surface area (Å²) in [6.07, 6.45) is 0. The summed E-state index contributed by atoms with van der Waals surface area (Å²) in [5, 5.41) is 8.85. The van der Waals surface area contributed by atoms with Crippen molar-refractivity contribution in [2.75, 3.05) is 12.9 Å². The maximum atomic E-state index is 11.6. The lowest BCUT2D eigenvalue weighted by Gasteiger charge is -2.20. The highest BCUT2D eigenvalue weighted by atomic mass is 32.2. The molecule has 0 aromatic heterocycles. The van der Waals surface area contributed by atoms with Gasteiger partial charge in [0.25, 0.3) is 5.24 Å². The van der Waals surface area contributed by atoms with Gasteiger partial charge in [-0.1, -0.05) is 23.9 Å². The number of thioether (sulfide) groups is 1. The number of nitrogens with zero attached hydrogens (tertiary/aromatic N) is 1. The van der Waals surface area contributed by atoms with Crippen molar-refractivity contribution in [3.05, 3.63) is 29.8 Å². The summed E-state index contributed by atoms with van der Waals surface area (Å²) in [4.78, 5) is 24.0. The van der Waals surface area contributed by atoms with E-state index >= 15 is 0 Å². The number of carbonyl (C=O) groups is 2. The molecule has 1 heterocycles. The van der Waals surface area contributed by atoms with Crippen molar-refractivity contribution < 1.29 is 19.4 Å². The average Bonchev–Trinajstić information content (AvgIpc) is 2.72. The third kappa shape index (κ3) is 2.59. The number of aliphatic carboxylic acids is 1. The second kappa shape index (κ2) is 5.30. The zero-order valence-corrected chi connectivity index (χ0v) is 10.6. The second-order valence-corrected chi connectivity index (χ2v) is 4.88. The summed E-state index contributed by atoms with van der Waals surface area (Å²) in [6.45, 7) is 0.312. The van der Waals surface area contributed by atoms with Gasteiger partial charge in [-0.2, -0.15) is 0 Å². The highest BCUT2D eigenvalue weighted by molar-refractivity contribution is 8.13. The molecule has 0 aliphatic carbocycles. The Kier molecular flexibility index (Phi) is 3.76. The molecule has 1 aliphatic rings. The molecular weight excluding hydrogens is 254 g/mol. The summed E-state index contributed by atoms with van der Waals surface area (Å²) < 4.78 is 5.04. The number of hydrogen-bond acceptors (Lipinski definition) is 4. The van der Waals surface area contributed by atoms with E-state index in [-0.39, 0.29) is 5.24 Å². The summed E-state index contributed by atoms with van der Waals surface area (Å²) >= 11 is 1.05. The Morgan fingerprint density at radius 1 is 1.50 bits per heavy atom. The minimum absolute atomic E-state index is 0.182. The van der Waals surface area contributed by atoms with Crippen molar-refractivity contribution >= 4 is 23.0 Å². The van der Waals surface area contributed by atoms with Crippen molar-refractivity contribution in [1.82, 2.24) is 4.90 Å². The number of amides is 1. The smallest absolute Gasteiger partial charge is 0.327 e. The first-order valence-corrected chi connectivity index (χ1v) is 6.39. The molecule has 0 saturated carbocycles. The first kappa shape index (κ1) is 12.8. The Morgan fingerprint density at radius 2 is 2.17 bits per heavy atom. The quantitative estimate of drug-likeness (QED) is 0.901. The van der Waals surface area contributed by atoms with E-state index in [0.717, 1.165) is 23.1 Å². The number of hydrogen-bond donors (Lipinski definition) is 1. The lowest BCUT2D eigenvalue weighted by molar-refractivity contribution is -0.141. The fraction of sp³-hybridized carbons (Fsp3) is 0.333. The van der Waals surface area contributed by atoms with Crippen LogP contribution in [0.2, 0.25) is 0 Å². The van der Waals surface area contributed by atoms with Gasteiger partial charge >= 0.3 is 5.97 Å². The third-order valence-electron chi connectivity index (χ3n) is 2.77. The maximum Gasteiger partial charge on any atom is 0.327 e. The first-order chi connectivity index (χ1) is 8.61. The molecule has 18 heavy (non-hydrogen) atoms. The minimum Gasteiger partial charge on any atom is -0.497 e. The fourth-order valence-electron chi connectivity index (χ4n) is 1.76. The molecule has 1 unspecified atom stereocenters. The van der Waals surface area contributed by atoms with Crippen LogP contribution >= 0.6 is 11.8 Å². The minimum atomic E-state index is -0.957. The maximum absolute atomic E-state index is 11.6. The number of methoxy groups -OCH3 is 1. The predicted molar refractivity (Wildman–Crippen MR) is 67.8 cm³/mol. The topological polar surface area (TPSA) is 66.8 Å². The number of carboxylic acids is 1. The largest absolute Gasteiger partial charge is 0.497 e. The van der Waals surface area contributed by atoms with Crippen LogP contribution < -0.4 is 4.74 Å². The van der Waals surface area contributed by atoms with E-state index in [4.69, 9.17) is 9.84 Å². The number of carboxylic acid groups (broad SMARTS) is 1. The zero-order valence-electron chi connectivity index (χ0n) is 9.83. The highest BCUT2D eigenvalue weighted by Crippen LogP contribution is 2.26. The molecule has 6 heteroatoms. The lowest BCUT2D eigenvalue weighted by Crippen LogP contribution is -2.38. The summed E-state index contributed by atoms with van der Waals surface area (Å²) in [6, 6.07) is 6.50. The number of benzene rings is 1. The molecule has 0 radical (unpaired) electrons. The van der Waals surface area contributed by atoms with Crippen LogP contribution in [0.5, 0.6) is 5.75 Å². The Hall–Kier alpha value is -1.69. The lowest BCUT2D eigenvalue weighted by atomic mass is 10.2. The van der Waals surface area contributed by atoms with Gasteiger partial charge in [0.05, 0.1) is 7.11 Å². The fourth-order valence-corrected chi connectivity index (χ4v) is 2.74. The molecule has 1 aliphatic heterocycles. The van der Waals surface area contributed by atoms with Crippen LogP contribution in [-0.2, 0) is 11.3 Å². The van der Waals surface area contributed by atoms with E-state index in [2.05, 4.69) is 0 Å². The van der Waals surface area contributed by atoms with Crippen LogP contribution in [0.25, 0.3) is 0 Å². The molecular formula is C12H13NO4S. The van der Waals surface area contributed by atoms with Gasteiger partial charge in [0.1, 0.15) is 11.8 Å². The third-order valence-corrected chi connectivity index (χ3v) is 3.74.